The normalized spacial score (nSPS) is 22.0. The zero-order valence-electron chi connectivity index (χ0n) is 14.5. The lowest BCUT2D eigenvalue weighted by Crippen LogP contribution is -2.45. The Morgan fingerprint density at radius 2 is 1.96 bits per heavy atom. The Hall–Kier alpha value is -1.10. The summed E-state index contributed by atoms with van der Waals surface area (Å²) in [6.07, 6.45) is 0.835. The Morgan fingerprint density at radius 1 is 1.26 bits per heavy atom. The molecule has 0 spiro atoms. The third-order valence-corrected chi connectivity index (χ3v) is 4.41. The minimum Gasteiger partial charge on any atom is -0.353 e. The topological polar surface area (TPSA) is 44.4 Å². The Balaban J connectivity index is 2.12. The summed E-state index contributed by atoms with van der Waals surface area (Å²) >= 11 is 6.29. The fraction of sp³-hybridized carbons (Fsp3) is 0.611. The molecule has 1 aliphatic heterocycles. The molecule has 128 valence electrons. The number of hydrogen-bond acceptors (Lipinski definition) is 3. The molecule has 1 saturated heterocycles. The van der Waals surface area contributed by atoms with Gasteiger partial charge in [0.25, 0.3) is 0 Å². The molecule has 1 fully saturated rings. The van der Waals surface area contributed by atoms with Crippen LogP contribution in [0.3, 0.4) is 0 Å². The fourth-order valence-corrected chi connectivity index (χ4v) is 3.36. The van der Waals surface area contributed by atoms with E-state index in [9.17, 15) is 4.79 Å². The van der Waals surface area contributed by atoms with Crippen molar-refractivity contribution in [1.29, 1.82) is 0 Å². The van der Waals surface area contributed by atoms with E-state index in [0.29, 0.717) is 18.6 Å². The number of likely N-dealkylation sites (tertiary alicyclic amines) is 1. The van der Waals surface area contributed by atoms with Crippen LogP contribution in [0.4, 0.5) is 0 Å². The van der Waals surface area contributed by atoms with Crippen molar-refractivity contribution in [2.24, 2.45) is 0 Å². The van der Waals surface area contributed by atoms with Crippen molar-refractivity contribution < 1.29 is 4.79 Å². The molecule has 0 unspecified atom stereocenters. The third kappa shape index (κ3) is 5.20. The highest BCUT2D eigenvalue weighted by Gasteiger charge is 2.37. The van der Waals surface area contributed by atoms with E-state index in [1.54, 1.807) is 0 Å². The van der Waals surface area contributed by atoms with Gasteiger partial charge in [-0.15, -0.1) is 0 Å². The summed E-state index contributed by atoms with van der Waals surface area (Å²) in [6.45, 7) is 9.83. The van der Waals surface area contributed by atoms with Crippen LogP contribution in [-0.4, -0.2) is 41.5 Å². The van der Waals surface area contributed by atoms with Gasteiger partial charge in [-0.1, -0.05) is 43.6 Å². The van der Waals surface area contributed by atoms with Crippen LogP contribution in [-0.2, 0) is 11.3 Å². The molecule has 2 N–H and O–H groups in total. The number of carbonyl (C=O) groups excluding carboxylic acids is 1. The molecule has 0 aliphatic carbocycles. The molecule has 4 nitrogen and oxygen atoms in total. The number of rotatable bonds is 6. The predicted octanol–water partition coefficient (Wildman–Crippen LogP) is 2.81. The average molecular weight is 338 g/mol. The molecule has 1 heterocycles. The van der Waals surface area contributed by atoms with Gasteiger partial charge >= 0.3 is 0 Å². The quantitative estimate of drug-likeness (QED) is 0.839. The van der Waals surface area contributed by atoms with Gasteiger partial charge in [-0.05, 0) is 31.9 Å². The van der Waals surface area contributed by atoms with Crippen molar-refractivity contribution in [3.8, 4) is 0 Å². The number of hydrogen-bond donors (Lipinski definition) is 2. The van der Waals surface area contributed by atoms with Gasteiger partial charge in [0.1, 0.15) is 0 Å². The number of nitrogens with one attached hydrogen (secondary N) is 2. The van der Waals surface area contributed by atoms with E-state index in [4.69, 9.17) is 11.6 Å². The fourth-order valence-electron chi connectivity index (χ4n) is 3.17. The lowest BCUT2D eigenvalue weighted by molar-refractivity contribution is -0.126. The molecule has 1 aromatic carbocycles. The van der Waals surface area contributed by atoms with E-state index in [1.165, 1.54) is 0 Å². The van der Waals surface area contributed by atoms with Crippen molar-refractivity contribution in [2.75, 3.05) is 6.54 Å². The summed E-state index contributed by atoms with van der Waals surface area (Å²) in [4.78, 5) is 14.8. The SMILES string of the molecule is CC(C)NC(=O)[C@@H]1C[C@H](NC(C)C)CN1Cc1ccccc1Cl. The Bertz CT molecular complexity index is 533. The zero-order chi connectivity index (χ0) is 17.0. The molecule has 5 heteroatoms. The van der Waals surface area contributed by atoms with Crippen molar-refractivity contribution in [1.82, 2.24) is 15.5 Å². The molecule has 1 aliphatic rings. The summed E-state index contributed by atoms with van der Waals surface area (Å²) in [5.41, 5.74) is 1.07. The molecule has 0 saturated carbocycles. The number of benzene rings is 1. The maximum atomic E-state index is 12.6. The maximum absolute atomic E-state index is 12.6. The van der Waals surface area contributed by atoms with Crippen molar-refractivity contribution >= 4 is 17.5 Å². The molecule has 1 amide bonds. The molecule has 2 atom stereocenters. The third-order valence-electron chi connectivity index (χ3n) is 4.04. The van der Waals surface area contributed by atoms with Crippen molar-refractivity contribution in [3.05, 3.63) is 34.9 Å². The molecule has 0 radical (unpaired) electrons. The average Bonchev–Trinajstić information content (AvgIpc) is 2.82. The lowest BCUT2D eigenvalue weighted by atomic mass is 10.1. The molecular formula is C18H28ClN3O. The van der Waals surface area contributed by atoms with E-state index < -0.39 is 0 Å². The number of halogens is 1. The second kappa shape index (κ2) is 8.13. The number of carbonyl (C=O) groups is 1. The first-order valence-electron chi connectivity index (χ1n) is 8.40. The Morgan fingerprint density at radius 3 is 2.57 bits per heavy atom. The van der Waals surface area contributed by atoms with E-state index in [1.807, 2.05) is 38.1 Å². The van der Waals surface area contributed by atoms with E-state index in [-0.39, 0.29) is 18.0 Å². The van der Waals surface area contributed by atoms with Crippen molar-refractivity contribution in [2.45, 2.75) is 64.8 Å². The minimum atomic E-state index is -0.107. The van der Waals surface area contributed by atoms with Gasteiger partial charge in [-0.2, -0.15) is 0 Å². The van der Waals surface area contributed by atoms with Crippen LogP contribution in [0.1, 0.15) is 39.7 Å². The molecule has 0 bridgehead atoms. The molecular weight excluding hydrogens is 310 g/mol. The summed E-state index contributed by atoms with van der Waals surface area (Å²) in [5, 5.41) is 7.36. The van der Waals surface area contributed by atoms with Gasteiger partial charge in [0.05, 0.1) is 6.04 Å². The standard InChI is InChI=1S/C18H28ClN3O/c1-12(2)20-15-9-17(18(23)21-13(3)4)22(11-15)10-14-7-5-6-8-16(14)19/h5-8,12-13,15,17,20H,9-11H2,1-4H3,(H,21,23)/t15-,17-/m0/s1. The van der Waals surface area contributed by atoms with Crippen LogP contribution < -0.4 is 10.6 Å². The largest absolute Gasteiger partial charge is 0.353 e. The lowest BCUT2D eigenvalue weighted by Gasteiger charge is -2.24. The van der Waals surface area contributed by atoms with Gasteiger partial charge in [-0.25, -0.2) is 0 Å². The Labute approximate surface area is 144 Å². The first-order chi connectivity index (χ1) is 10.9. The van der Waals surface area contributed by atoms with E-state index in [2.05, 4.69) is 29.4 Å². The van der Waals surface area contributed by atoms with Crippen LogP contribution in [0, 0.1) is 0 Å². The van der Waals surface area contributed by atoms with E-state index >= 15 is 0 Å². The van der Waals surface area contributed by atoms with Crippen LogP contribution in [0.2, 0.25) is 5.02 Å². The predicted molar refractivity (Wildman–Crippen MR) is 95.6 cm³/mol. The highest BCUT2D eigenvalue weighted by molar-refractivity contribution is 6.31. The minimum absolute atomic E-state index is 0.107. The summed E-state index contributed by atoms with van der Waals surface area (Å²) in [7, 11) is 0. The Kier molecular flexibility index (Phi) is 6.45. The van der Waals surface area contributed by atoms with Gasteiger partial charge in [0, 0.05) is 36.2 Å². The first kappa shape index (κ1) is 18.2. The molecule has 2 rings (SSSR count). The highest BCUT2D eigenvalue weighted by atomic mass is 35.5. The first-order valence-corrected chi connectivity index (χ1v) is 8.78. The number of nitrogens with zero attached hydrogens (tertiary/aromatic N) is 1. The van der Waals surface area contributed by atoms with Crippen LogP contribution in [0.25, 0.3) is 0 Å². The monoisotopic (exact) mass is 337 g/mol. The summed E-state index contributed by atoms with van der Waals surface area (Å²) in [5.74, 6) is 0.111. The summed E-state index contributed by atoms with van der Waals surface area (Å²) in [6, 6.07) is 8.65. The summed E-state index contributed by atoms with van der Waals surface area (Å²) < 4.78 is 0. The van der Waals surface area contributed by atoms with E-state index in [0.717, 1.165) is 23.6 Å². The highest BCUT2D eigenvalue weighted by Crippen LogP contribution is 2.24. The molecule has 23 heavy (non-hydrogen) atoms. The second-order valence-electron chi connectivity index (χ2n) is 6.95. The second-order valence-corrected chi connectivity index (χ2v) is 7.36. The van der Waals surface area contributed by atoms with Crippen molar-refractivity contribution in [3.63, 3.8) is 0 Å². The van der Waals surface area contributed by atoms with Gasteiger partial charge in [0.15, 0.2) is 0 Å². The van der Waals surface area contributed by atoms with Crippen LogP contribution >= 0.6 is 11.6 Å². The zero-order valence-corrected chi connectivity index (χ0v) is 15.2. The maximum Gasteiger partial charge on any atom is 0.237 e. The van der Waals surface area contributed by atoms with Gasteiger partial charge < -0.3 is 10.6 Å². The number of amides is 1. The molecule has 0 aromatic heterocycles. The van der Waals surface area contributed by atoms with Crippen LogP contribution in [0.5, 0.6) is 0 Å². The van der Waals surface area contributed by atoms with Gasteiger partial charge in [-0.3, -0.25) is 9.69 Å². The smallest absolute Gasteiger partial charge is 0.237 e. The molecule has 1 aromatic rings. The van der Waals surface area contributed by atoms with Crippen LogP contribution in [0.15, 0.2) is 24.3 Å². The van der Waals surface area contributed by atoms with Gasteiger partial charge in [0.2, 0.25) is 5.91 Å².